The molecule has 0 bridgehead atoms. The Morgan fingerprint density at radius 3 is 2.52 bits per heavy atom. The van der Waals surface area contributed by atoms with E-state index in [1.807, 2.05) is 4.90 Å². The monoisotopic (exact) mass is 327 g/mol. The van der Waals surface area contributed by atoms with Crippen molar-refractivity contribution in [2.75, 3.05) is 18.1 Å². The van der Waals surface area contributed by atoms with Gasteiger partial charge in [-0.2, -0.15) is 4.98 Å². The van der Waals surface area contributed by atoms with Crippen molar-refractivity contribution in [2.45, 2.75) is 25.3 Å². The zero-order chi connectivity index (χ0) is 14.8. The van der Waals surface area contributed by atoms with E-state index in [1.54, 1.807) is 18.2 Å². The van der Waals surface area contributed by atoms with Crippen LogP contribution in [0.1, 0.15) is 19.3 Å². The van der Waals surface area contributed by atoms with E-state index in [1.165, 1.54) is 6.42 Å². The molecule has 0 spiro atoms. The second-order valence-electron chi connectivity index (χ2n) is 5.06. The molecule has 1 aromatic heterocycles. The maximum atomic E-state index is 9.20. The van der Waals surface area contributed by atoms with Gasteiger partial charge in [0.15, 0.2) is 0 Å². The summed E-state index contributed by atoms with van der Waals surface area (Å²) in [4.78, 5) is 6.37. The van der Waals surface area contributed by atoms with Crippen molar-refractivity contribution in [2.24, 2.45) is 0 Å². The van der Waals surface area contributed by atoms with Crippen molar-refractivity contribution in [3.05, 3.63) is 28.2 Å². The predicted molar refractivity (Wildman–Crippen MR) is 81.8 cm³/mol. The largest absolute Gasteiger partial charge is 0.395 e. The number of hydrogen-bond donors (Lipinski definition) is 1. The first kappa shape index (κ1) is 14.6. The van der Waals surface area contributed by atoms with Crippen molar-refractivity contribution in [1.29, 1.82) is 0 Å². The van der Waals surface area contributed by atoms with Crippen LogP contribution in [0, 0.1) is 0 Å². The van der Waals surface area contributed by atoms with Crippen LogP contribution in [0.15, 0.2) is 22.7 Å². The summed E-state index contributed by atoms with van der Waals surface area (Å²) in [5.41, 5.74) is 0.708. The molecule has 0 radical (unpaired) electrons. The lowest BCUT2D eigenvalue weighted by Crippen LogP contribution is -2.42. The summed E-state index contributed by atoms with van der Waals surface area (Å²) >= 11 is 12.0. The molecule has 7 heteroatoms. The van der Waals surface area contributed by atoms with Crippen molar-refractivity contribution in [1.82, 2.24) is 10.1 Å². The average Bonchev–Trinajstić information content (AvgIpc) is 2.84. The molecular weight excluding hydrogens is 313 g/mol. The highest BCUT2D eigenvalue weighted by molar-refractivity contribution is 6.35. The van der Waals surface area contributed by atoms with Gasteiger partial charge in [0.2, 0.25) is 5.82 Å². The third-order valence-corrected chi connectivity index (χ3v) is 4.07. The quantitative estimate of drug-likeness (QED) is 0.911. The minimum atomic E-state index is 0.0528. The van der Waals surface area contributed by atoms with Crippen LogP contribution < -0.4 is 4.90 Å². The lowest BCUT2D eigenvalue weighted by molar-refractivity contribution is 0.272. The maximum Gasteiger partial charge on any atom is 0.324 e. The van der Waals surface area contributed by atoms with Crippen LogP contribution in [0.25, 0.3) is 11.4 Å². The summed E-state index contributed by atoms with van der Waals surface area (Å²) in [6.45, 7) is 0.541. The standard InChI is InChI=1S/C14H15Cl2N3O2/c15-10-6-9(7-11(16)8-10)13-17-14(21-18-13)19(4-5-20)12-2-1-3-12/h6-8,12,20H,1-5H2. The summed E-state index contributed by atoms with van der Waals surface area (Å²) in [7, 11) is 0. The fourth-order valence-electron chi connectivity index (χ4n) is 2.37. The van der Waals surface area contributed by atoms with Gasteiger partial charge in [0, 0.05) is 28.2 Å². The number of aliphatic hydroxyl groups excluding tert-OH is 1. The smallest absolute Gasteiger partial charge is 0.324 e. The van der Waals surface area contributed by atoms with Gasteiger partial charge in [-0.1, -0.05) is 28.4 Å². The number of hydrogen-bond acceptors (Lipinski definition) is 5. The molecule has 0 atom stereocenters. The second kappa shape index (κ2) is 6.22. The number of anilines is 1. The van der Waals surface area contributed by atoms with Gasteiger partial charge < -0.3 is 14.5 Å². The molecule has 0 unspecified atom stereocenters. The molecule has 1 aliphatic rings. The van der Waals surface area contributed by atoms with Crippen LogP contribution in [-0.4, -0.2) is 34.4 Å². The lowest BCUT2D eigenvalue weighted by Gasteiger charge is -2.35. The molecule has 112 valence electrons. The van der Waals surface area contributed by atoms with Gasteiger partial charge in [-0.05, 0) is 37.5 Å². The Morgan fingerprint density at radius 1 is 1.24 bits per heavy atom. The number of nitrogens with zero attached hydrogens (tertiary/aromatic N) is 3. The predicted octanol–water partition coefficient (Wildman–Crippen LogP) is 3.39. The van der Waals surface area contributed by atoms with Crippen LogP contribution in [-0.2, 0) is 0 Å². The highest BCUT2D eigenvalue weighted by Gasteiger charge is 2.28. The highest BCUT2D eigenvalue weighted by atomic mass is 35.5. The Bertz CT molecular complexity index is 608. The summed E-state index contributed by atoms with van der Waals surface area (Å²) in [6, 6.07) is 5.93. The molecular formula is C14H15Cl2N3O2. The normalized spacial score (nSPS) is 15.0. The SMILES string of the molecule is OCCN(c1nc(-c2cc(Cl)cc(Cl)c2)no1)C1CCC1. The third-order valence-electron chi connectivity index (χ3n) is 3.64. The van der Waals surface area contributed by atoms with E-state index in [-0.39, 0.29) is 6.61 Å². The maximum absolute atomic E-state index is 9.20. The number of aromatic nitrogens is 2. The zero-order valence-electron chi connectivity index (χ0n) is 11.3. The van der Waals surface area contributed by atoms with Crippen LogP contribution in [0.2, 0.25) is 10.0 Å². The summed E-state index contributed by atoms with van der Waals surface area (Å²) < 4.78 is 5.34. The number of halogens is 2. The van der Waals surface area contributed by atoms with Crippen LogP contribution >= 0.6 is 23.2 Å². The summed E-state index contributed by atoms with van der Waals surface area (Å²) in [5, 5.41) is 14.2. The Morgan fingerprint density at radius 2 is 1.95 bits per heavy atom. The number of aliphatic hydroxyl groups is 1. The van der Waals surface area contributed by atoms with Gasteiger partial charge >= 0.3 is 6.01 Å². The fraction of sp³-hybridized carbons (Fsp3) is 0.429. The van der Waals surface area contributed by atoms with E-state index in [4.69, 9.17) is 27.7 Å². The van der Waals surface area contributed by atoms with Gasteiger partial charge in [0.1, 0.15) is 0 Å². The number of benzene rings is 1. The highest BCUT2D eigenvalue weighted by Crippen LogP contribution is 2.31. The minimum absolute atomic E-state index is 0.0528. The van der Waals surface area contributed by atoms with Crippen molar-refractivity contribution in [3.63, 3.8) is 0 Å². The molecule has 1 fully saturated rings. The first-order valence-electron chi connectivity index (χ1n) is 6.85. The summed E-state index contributed by atoms with van der Waals surface area (Å²) in [6.07, 6.45) is 3.36. The first-order chi connectivity index (χ1) is 10.2. The first-order valence-corrected chi connectivity index (χ1v) is 7.60. The second-order valence-corrected chi connectivity index (χ2v) is 5.93. The molecule has 1 heterocycles. The van der Waals surface area contributed by atoms with Gasteiger partial charge in [0.25, 0.3) is 0 Å². The number of rotatable bonds is 5. The molecule has 2 aromatic rings. The molecule has 1 aliphatic carbocycles. The molecule has 1 aromatic carbocycles. The zero-order valence-corrected chi connectivity index (χ0v) is 12.8. The third kappa shape index (κ3) is 3.15. The molecule has 1 saturated carbocycles. The van der Waals surface area contributed by atoms with Gasteiger partial charge in [-0.15, -0.1) is 0 Å². The molecule has 1 N–H and O–H groups in total. The van der Waals surface area contributed by atoms with Crippen molar-refractivity contribution < 1.29 is 9.63 Å². The van der Waals surface area contributed by atoms with E-state index in [2.05, 4.69) is 10.1 Å². The Balaban J connectivity index is 1.87. The van der Waals surface area contributed by atoms with Crippen molar-refractivity contribution in [3.8, 4) is 11.4 Å². The summed E-state index contributed by atoms with van der Waals surface area (Å²) in [5.74, 6) is 0.441. The van der Waals surface area contributed by atoms with Gasteiger partial charge in [0.05, 0.1) is 6.61 Å². The molecule has 0 aliphatic heterocycles. The van der Waals surface area contributed by atoms with E-state index in [9.17, 15) is 5.11 Å². The van der Waals surface area contributed by atoms with Gasteiger partial charge in [-0.25, -0.2) is 0 Å². The Kier molecular flexibility index (Phi) is 4.33. The van der Waals surface area contributed by atoms with Crippen LogP contribution in [0.3, 0.4) is 0 Å². The van der Waals surface area contributed by atoms with E-state index < -0.39 is 0 Å². The molecule has 0 amide bonds. The van der Waals surface area contributed by atoms with Crippen LogP contribution in [0.4, 0.5) is 6.01 Å². The van der Waals surface area contributed by atoms with E-state index >= 15 is 0 Å². The average molecular weight is 328 g/mol. The van der Waals surface area contributed by atoms with Gasteiger partial charge in [-0.3, -0.25) is 0 Å². The molecule has 5 nitrogen and oxygen atoms in total. The van der Waals surface area contributed by atoms with Crippen LogP contribution in [0.5, 0.6) is 0 Å². The fourth-order valence-corrected chi connectivity index (χ4v) is 2.90. The topological polar surface area (TPSA) is 62.4 Å². The van der Waals surface area contributed by atoms with Crippen molar-refractivity contribution >= 4 is 29.2 Å². The lowest BCUT2D eigenvalue weighted by atomic mass is 9.92. The molecule has 21 heavy (non-hydrogen) atoms. The molecule has 0 saturated heterocycles. The molecule has 3 rings (SSSR count). The minimum Gasteiger partial charge on any atom is -0.395 e. The van der Waals surface area contributed by atoms with E-state index in [0.717, 1.165) is 12.8 Å². The Labute approximate surface area is 132 Å². The Hall–Kier alpha value is -1.30. The van der Waals surface area contributed by atoms with E-state index in [0.29, 0.717) is 40.0 Å².